The first-order valence-electron chi connectivity index (χ1n) is 7.14. The van der Waals surface area contributed by atoms with Crippen molar-refractivity contribution in [2.45, 2.75) is 13.8 Å². The summed E-state index contributed by atoms with van der Waals surface area (Å²) in [6.45, 7) is 4.00. The van der Waals surface area contributed by atoms with Gasteiger partial charge in [-0.05, 0) is 23.7 Å². The zero-order valence-corrected chi connectivity index (χ0v) is 14.3. The Hall–Kier alpha value is -2.33. The van der Waals surface area contributed by atoms with E-state index in [9.17, 15) is 9.59 Å². The molecule has 0 aromatic heterocycles. The second-order valence-corrected chi connectivity index (χ2v) is 4.56. The molecule has 0 spiro atoms. The SMILES string of the molecule is CC.COc1cc(C(=O)Cl)c(C(=O)c2ccccc2)cc1OC. The lowest BCUT2D eigenvalue weighted by molar-refractivity contribution is 0.102. The summed E-state index contributed by atoms with van der Waals surface area (Å²) in [5.41, 5.74) is 0.728. The Morgan fingerprint density at radius 3 is 1.78 bits per heavy atom. The average molecular weight is 335 g/mol. The summed E-state index contributed by atoms with van der Waals surface area (Å²) < 4.78 is 10.3. The summed E-state index contributed by atoms with van der Waals surface area (Å²) in [6, 6.07) is 11.5. The molecule has 2 rings (SSSR count). The number of carbonyl (C=O) groups excluding carboxylic acids is 2. The maximum Gasteiger partial charge on any atom is 0.253 e. The van der Waals surface area contributed by atoms with E-state index in [-0.39, 0.29) is 16.9 Å². The summed E-state index contributed by atoms with van der Waals surface area (Å²) in [4.78, 5) is 24.1. The number of halogens is 1. The molecular weight excluding hydrogens is 316 g/mol. The third-order valence-corrected chi connectivity index (χ3v) is 3.22. The number of hydrogen-bond acceptors (Lipinski definition) is 4. The highest BCUT2D eigenvalue weighted by atomic mass is 35.5. The minimum atomic E-state index is -0.727. The lowest BCUT2D eigenvalue weighted by Crippen LogP contribution is -2.08. The number of carbonyl (C=O) groups is 2. The quantitative estimate of drug-likeness (QED) is 0.603. The van der Waals surface area contributed by atoms with E-state index in [1.807, 2.05) is 13.8 Å². The van der Waals surface area contributed by atoms with Gasteiger partial charge in [-0.3, -0.25) is 9.59 Å². The summed E-state index contributed by atoms with van der Waals surface area (Å²) in [6.07, 6.45) is 0. The van der Waals surface area contributed by atoms with Crippen molar-refractivity contribution in [2.75, 3.05) is 14.2 Å². The summed E-state index contributed by atoms with van der Waals surface area (Å²) in [5, 5.41) is -0.727. The van der Waals surface area contributed by atoms with Crippen molar-refractivity contribution in [3.8, 4) is 11.5 Å². The maximum atomic E-state index is 12.5. The molecule has 0 aliphatic heterocycles. The molecule has 23 heavy (non-hydrogen) atoms. The largest absolute Gasteiger partial charge is 0.493 e. The Morgan fingerprint density at radius 2 is 1.35 bits per heavy atom. The van der Waals surface area contributed by atoms with Crippen LogP contribution in [0.3, 0.4) is 0 Å². The number of hydrogen-bond donors (Lipinski definition) is 0. The predicted molar refractivity (Wildman–Crippen MR) is 91.0 cm³/mol. The first-order chi connectivity index (χ1) is 11.1. The van der Waals surface area contributed by atoms with Crippen LogP contribution in [0, 0.1) is 0 Å². The van der Waals surface area contributed by atoms with Gasteiger partial charge < -0.3 is 9.47 Å². The van der Waals surface area contributed by atoms with E-state index in [2.05, 4.69) is 0 Å². The van der Waals surface area contributed by atoms with Gasteiger partial charge in [0.1, 0.15) is 0 Å². The highest BCUT2D eigenvalue weighted by Crippen LogP contribution is 2.32. The molecule has 5 heteroatoms. The normalized spacial score (nSPS) is 9.43. The van der Waals surface area contributed by atoms with Crippen molar-refractivity contribution < 1.29 is 19.1 Å². The number of ether oxygens (including phenoxy) is 2. The number of benzene rings is 2. The lowest BCUT2D eigenvalue weighted by Gasteiger charge is -2.12. The Morgan fingerprint density at radius 1 is 0.870 bits per heavy atom. The van der Waals surface area contributed by atoms with Crippen LogP contribution in [0.15, 0.2) is 42.5 Å². The molecule has 0 unspecified atom stereocenters. The Bertz CT molecular complexity index is 681. The van der Waals surface area contributed by atoms with Gasteiger partial charge in [-0.25, -0.2) is 0 Å². The molecule has 0 atom stereocenters. The monoisotopic (exact) mass is 334 g/mol. The minimum Gasteiger partial charge on any atom is -0.493 e. The van der Waals surface area contributed by atoms with Gasteiger partial charge in [-0.1, -0.05) is 44.2 Å². The second kappa shape index (κ2) is 8.96. The molecule has 122 valence electrons. The maximum absolute atomic E-state index is 12.5. The summed E-state index contributed by atoms with van der Waals surface area (Å²) >= 11 is 5.58. The van der Waals surface area contributed by atoms with Crippen LogP contribution >= 0.6 is 11.6 Å². The number of methoxy groups -OCH3 is 2. The Labute approximate surface area is 141 Å². The molecule has 0 aliphatic carbocycles. The zero-order chi connectivity index (χ0) is 17.4. The molecule has 0 fully saturated rings. The van der Waals surface area contributed by atoms with Crippen LogP contribution in [0.5, 0.6) is 11.5 Å². The molecule has 0 amide bonds. The predicted octanol–water partition coefficient (Wildman–Crippen LogP) is 4.34. The van der Waals surface area contributed by atoms with E-state index in [4.69, 9.17) is 21.1 Å². The van der Waals surface area contributed by atoms with Crippen LogP contribution in [0.25, 0.3) is 0 Å². The number of rotatable bonds is 5. The van der Waals surface area contributed by atoms with E-state index in [0.29, 0.717) is 17.1 Å². The smallest absolute Gasteiger partial charge is 0.253 e. The molecule has 0 heterocycles. The van der Waals surface area contributed by atoms with Crippen LogP contribution in [-0.4, -0.2) is 25.2 Å². The van der Waals surface area contributed by atoms with Gasteiger partial charge in [0.05, 0.1) is 14.2 Å². The molecule has 0 radical (unpaired) electrons. The van der Waals surface area contributed by atoms with Crippen LogP contribution in [0.2, 0.25) is 0 Å². The van der Waals surface area contributed by atoms with Gasteiger partial charge in [-0.15, -0.1) is 0 Å². The fourth-order valence-electron chi connectivity index (χ4n) is 1.97. The number of ketones is 1. The zero-order valence-electron chi connectivity index (χ0n) is 13.6. The van der Waals surface area contributed by atoms with Gasteiger partial charge in [0.15, 0.2) is 17.3 Å². The van der Waals surface area contributed by atoms with Gasteiger partial charge in [0.25, 0.3) is 5.24 Å². The Kier molecular flexibility index (Phi) is 7.29. The first-order valence-corrected chi connectivity index (χ1v) is 7.52. The van der Waals surface area contributed by atoms with E-state index < -0.39 is 5.24 Å². The van der Waals surface area contributed by atoms with E-state index in [1.165, 1.54) is 26.4 Å². The van der Waals surface area contributed by atoms with Gasteiger partial charge >= 0.3 is 0 Å². The molecule has 0 saturated heterocycles. The molecule has 0 saturated carbocycles. The highest BCUT2D eigenvalue weighted by Gasteiger charge is 2.21. The van der Waals surface area contributed by atoms with Crippen LogP contribution < -0.4 is 9.47 Å². The molecule has 2 aromatic carbocycles. The van der Waals surface area contributed by atoms with E-state index in [1.54, 1.807) is 30.3 Å². The van der Waals surface area contributed by atoms with Crippen molar-refractivity contribution >= 4 is 22.6 Å². The summed E-state index contributed by atoms with van der Waals surface area (Å²) in [5.74, 6) is 0.394. The van der Waals surface area contributed by atoms with E-state index in [0.717, 1.165) is 0 Å². The topological polar surface area (TPSA) is 52.6 Å². The summed E-state index contributed by atoms with van der Waals surface area (Å²) in [7, 11) is 2.90. The second-order valence-electron chi connectivity index (χ2n) is 4.22. The molecule has 0 N–H and O–H groups in total. The van der Waals surface area contributed by atoms with Gasteiger partial charge in [0, 0.05) is 16.7 Å². The van der Waals surface area contributed by atoms with Crippen molar-refractivity contribution in [2.24, 2.45) is 0 Å². The van der Waals surface area contributed by atoms with Crippen LogP contribution in [0.4, 0.5) is 0 Å². The van der Waals surface area contributed by atoms with Crippen molar-refractivity contribution in [3.05, 3.63) is 59.2 Å². The van der Waals surface area contributed by atoms with Crippen molar-refractivity contribution in [1.29, 1.82) is 0 Å². The third kappa shape index (κ3) is 4.33. The molecule has 2 aromatic rings. The molecule has 4 nitrogen and oxygen atoms in total. The van der Waals surface area contributed by atoms with Gasteiger partial charge in [-0.2, -0.15) is 0 Å². The fourth-order valence-corrected chi connectivity index (χ4v) is 2.13. The average Bonchev–Trinajstić information content (AvgIpc) is 2.62. The molecule has 0 aliphatic rings. The lowest BCUT2D eigenvalue weighted by atomic mass is 9.98. The van der Waals surface area contributed by atoms with Crippen LogP contribution in [-0.2, 0) is 0 Å². The fraction of sp³-hybridized carbons (Fsp3) is 0.222. The molecular formula is C18H19ClO4. The first kappa shape index (κ1) is 18.7. The highest BCUT2D eigenvalue weighted by molar-refractivity contribution is 6.68. The van der Waals surface area contributed by atoms with E-state index >= 15 is 0 Å². The van der Waals surface area contributed by atoms with Crippen molar-refractivity contribution in [3.63, 3.8) is 0 Å². The van der Waals surface area contributed by atoms with Crippen molar-refractivity contribution in [1.82, 2.24) is 0 Å². The van der Waals surface area contributed by atoms with Crippen LogP contribution in [0.1, 0.15) is 40.1 Å². The standard InChI is InChI=1S/C16H13ClO4.C2H6/c1-20-13-8-11(12(16(17)19)9-14(13)21-2)15(18)10-6-4-3-5-7-10;1-2/h3-9H,1-2H3;1-2H3. The minimum absolute atomic E-state index is 0.0863. The Balaban J connectivity index is 0.00000127. The third-order valence-electron chi connectivity index (χ3n) is 3.02. The molecule has 0 bridgehead atoms. The van der Waals surface area contributed by atoms with Gasteiger partial charge in [0.2, 0.25) is 0 Å².